The van der Waals surface area contributed by atoms with Crippen molar-refractivity contribution in [3.63, 3.8) is 0 Å². The molecule has 1 aromatic heterocycles. The van der Waals surface area contributed by atoms with Crippen LogP contribution < -0.4 is 10.6 Å². The Labute approximate surface area is 174 Å². The number of nitrogens with zero attached hydrogens (tertiary/aromatic N) is 1. The fraction of sp³-hybridized carbons (Fsp3) is 0.0476. The number of rotatable bonds is 5. The van der Waals surface area contributed by atoms with Crippen LogP contribution in [0.4, 0.5) is 10.5 Å². The number of ether oxygens (including phenoxy) is 1. The van der Waals surface area contributed by atoms with Crippen LogP contribution in [0.3, 0.4) is 0 Å². The lowest BCUT2D eigenvalue weighted by Gasteiger charge is -2.07. The number of hydrogen-bond acceptors (Lipinski definition) is 5. The SMILES string of the molecule is O=C(COC(=O)/C=C/c1cccc2cccnc12)NC(=O)Nc1ccc(Br)cc1. The van der Waals surface area contributed by atoms with Crippen molar-refractivity contribution in [1.29, 1.82) is 0 Å². The van der Waals surface area contributed by atoms with E-state index in [4.69, 9.17) is 4.74 Å². The molecule has 2 aromatic carbocycles. The molecule has 0 unspecified atom stereocenters. The van der Waals surface area contributed by atoms with Gasteiger partial charge in [-0.25, -0.2) is 9.59 Å². The number of fused-ring (bicyclic) bond motifs is 1. The number of amides is 3. The lowest BCUT2D eigenvalue weighted by molar-refractivity contribution is -0.143. The zero-order valence-electron chi connectivity index (χ0n) is 15.1. The normalized spacial score (nSPS) is 10.7. The molecule has 3 rings (SSSR count). The summed E-state index contributed by atoms with van der Waals surface area (Å²) < 4.78 is 5.72. The minimum atomic E-state index is -0.742. The molecule has 0 atom stereocenters. The molecule has 2 N–H and O–H groups in total. The molecular formula is C21H16BrN3O4. The van der Waals surface area contributed by atoms with Gasteiger partial charge in [0.15, 0.2) is 6.61 Å². The van der Waals surface area contributed by atoms with Crippen molar-refractivity contribution >= 4 is 56.5 Å². The van der Waals surface area contributed by atoms with E-state index in [1.807, 2.05) is 30.3 Å². The zero-order valence-corrected chi connectivity index (χ0v) is 16.7. The Balaban J connectivity index is 1.48. The molecule has 7 nitrogen and oxygen atoms in total. The number of nitrogens with one attached hydrogen (secondary N) is 2. The van der Waals surface area contributed by atoms with Crippen LogP contribution in [0.2, 0.25) is 0 Å². The van der Waals surface area contributed by atoms with Gasteiger partial charge < -0.3 is 10.1 Å². The van der Waals surface area contributed by atoms with Crippen LogP contribution in [0.5, 0.6) is 0 Å². The number of benzene rings is 2. The number of pyridine rings is 1. The number of para-hydroxylation sites is 1. The molecule has 29 heavy (non-hydrogen) atoms. The minimum absolute atomic E-state index is 0.516. The summed E-state index contributed by atoms with van der Waals surface area (Å²) in [5.41, 5.74) is 2.02. The maximum absolute atomic E-state index is 11.9. The molecular weight excluding hydrogens is 438 g/mol. The summed E-state index contributed by atoms with van der Waals surface area (Å²) >= 11 is 3.29. The van der Waals surface area contributed by atoms with Gasteiger partial charge >= 0.3 is 12.0 Å². The van der Waals surface area contributed by atoms with Crippen LogP contribution >= 0.6 is 15.9 Å². The third kappa shape index (κ3) is 5.98. The maximum atomic E-state index is 11.9. The Hall–Kier alpha value is -3.52. The first-order chi connectivity index (χ1) is 14.0. The third-order valence-corrected chi connectivity index (χ3v) is 4.29. The molecule has 0 spiro atoms. The topological polar surface area (TPSA) is 97.4 Å². The lowest BCUT2D eigenvalue weighted by Crippen LogP contribution is -2.37. The van der Waals surface area contributed by atoms with E-state index >= 15 is 0 Å². The first-order valence-electron chi connectivity index (χ1n) is 8.56. The number of halogens is 1. The number of urea groups is 1. The second-order valence-electron chi connectivity index (χ2n) is 5.87. The Morgan fingerprint density at radius 3 is 2.59 bits per heavy atom. The van der Waals surface area contributed by atoms with Gasteiger partial charge in [0.25, 0.3) is 5.91 Å². The largest absolute Gasteiger partial charge is 0.452 e. The Kier molecular flexibility index (Phi) is 6.70. The second kappa shape index (κ2) is 9.61. The van der Waals surface area contributed by atoms with Gasteiger partial charge in [0, 0.05) is 33.4 Å². The highest BCUT2D eigenvalue weighted by atomic mass is 79.9. The lowest BCUT2D eigenvalue weighted by atomic mass is 10.1. The van der Waals surface area contributed by atoms with E-state index in [1.165, 1.54) is 6.08 Å². The van der Waals surface area contributed by atoms with Gasteiger partial charge in [-0.1, -0.05) is 40.2 Å². The summed E-state index contributed by atoms with van der Waals surface area (Å²) in [7, 11) is 0. The molecule has 0 fully saturated rings. The van der Waals surface area contributed by atoms with E-state index in [-0.39, 0.29) is 0 Å². The highest BCUT2D eigenvalue weighted by Gasteiger charge is 2.10. The van der Waals surface area contributed by atoms with E-state index in [0.29, 0.717) is 5.69 Å². The summed E-state index contributed by atoms with van der Waals surface area (Å²) in [5, 5.41) is 5.53. The molecule has 8 heteroatoms. The molecule has 0 aliphatic heterocycles. The molecule has 0 saturated carbocycles. The van der Waals surface area contributed by atoms with Crippen LogP contribution in [0, 0.1) is 0 Å². The number of esters is 1. The van der Waals surface area contributed by atoms with Gasteiger partial charge in [0.2, 0.25) is 0 Å². The highest BCUT2D eigenvalue weighted by Crippen LogP contribution is 2.17. The number of imide groups is 1. The van der Waals surface area contributed by atoms with Crippen LogP contribution in [0.25, 0.3) is 17.0 Å². The molecule has 0 bridgehead atoms. The summed E-state index contributed by atoms with van der Waals surface area (Å²) in [4.78, 5) is 39.7. The number of anilines is 1. The van der Waals surface area contributed by atoms with Crippen molar-refractivity contribution in [2.45, 2.75) is 0 Å². The Morgan fingerprint density at radius 2 is 1.79 bits per heavy atom. The van der Waals surface area contributed by atoms with Gasteiger partial charge in [-0.3, -0.25) is 15.1 Å². The standard InChI is InChI=1S/C21H16BrN3O4/c22-16-7-9-17(10-8-16)24-21(28)25-18(26)13-29-19(27)11-6-15-4-1-3-14-5-2-12-23-20(14)15/h1-12H,13H2,(H2,24,25,26,28)/b11-6+. The van der Waals surface area contributed by atoms with E-state index in [9.17, 15) is 14.4 Å². The molecule has 0 radical (unpaired) electrons. The van der Waals surface area contributed by atoms with Crippen molar-refractivity contribution in [3.8, 4) is 0 Å². The molecule has 146 valence electrons. The van der Waals surface area contributed by atoms with Gasteiger partial charge in [0.1, 0.15) is 0 Å². The van der Waals surface area contributed by atoms with Gasteiger partial charge in [0.05, 0.1) is 5.52 Å². The summed E-state index contributed by atoms with van der Waals surface area (Å²) in [6.45, 7) is -0.579. The molecule has 0 aliphatic rings. The fourth-order valence-electron chi connectivity index (χ4n) is 2.46. The van der Waals surface area contributed by atoms with Crippen molar-refractivity contribution < 1.29 is 19.1 Å². The number of carbonyl (C=O) groups is 3. The predicted octanol–water partition coefficient (Wildman–Crippen LogP) is 3.90. The maximum Gasteiger partial charge on any atom is 0.331 e. The van der Waals surface area contributed by atoms with Crippen LogP contribution in [0.15, 0.2) is 71.3 Å². The van der Waals surface area contributed by atoms with E-state index in [1.54, 1.807) is 36.5 Å². The van der Waals surface area contributed by atoms with Crippen molar-refractivity contribution in [2.75, 3.05) is 11.9 Å². The molecule has 0 saturated heterocycles. The molecule has 0 aliphatic carbocycles. The average Bonchev–Trinajstić information content (AvgIpc) is 2.72. The second-order valence-corrected chi connectivity index (χ2v) is 6.79. The summed E-state index contributed by atoms with van der Waals surface area (Å²) in [6.07, 6.45) is 4.44. The van der Waals surface area contributed by atoms with Crippen LogP contribution in [-0.2, 0) is 14.3 Å². The van der Waals surface area contributed by atoms with E-state index in [2.05, 4.69) is 31.5 Å². The number of aromatic nitrogens is 1. The molecule has 3 aromatic rings. The Bertz CT molecular complexity index is 1080. The van der Waals surface area contributed by atoms with Crippen molar-refractivity contribution in [3.05, 3.63) is 76.9 Å². The monoisotopic (exact) mass is 453 g/mol. The molecule has 1 heterocycles. The number of hydrogen-bond donors (Lipinski definition) is 2. The van der Waals surface area contributed by atoms with Gasteiger partial charge in [-0.05, 0) is 36.4 Å². The fourth-order valence-corrected chi connectivity index (χ4v) is 2.73. The third-order valence-electron chi connectivity index (χ3n) is 3.76. The van der Waals surface area contributed by atoms with Crippen molar-refractivity contribution in [1.82, 2.24) is 10.3 Å². The predicted molar refractivity (Wildman–Crippen MR) is 113 cm³/mol. The van der Waals surface area contributed by atoms with Crippen LogP contribution in [0.1, 0.15) is 5.56 Å². The van der Waals surface area contributed by atoms with E-state index < -0.39 is 24.5 Å². The zero-order chi connectivity index (χ0) is 20.6. The first kappa shape index (κ1) is 20.2. The Morgan fingerprint density at radius 1 is 1.03 bits per heavy atom. The summed E-state index contributed by atoms with van der Waals surface area (Å²) in [6, 6.07) is 15.4. The average molecular weight is 454 g/mol. The van der Waals surface area contributed by atoms with Gasteiger partial charge in [-0.15, -0.1) is 0 Å². The van der Waals surface area contributed by atoms with Gasteiger partial charge in [-0.2, -0.15) is 0 Å². The smallest absolute Gasteiger partial charge is 0.331 e. The molecule has 3 amide bonds. The van der Waals surface area contributed by atoms with Crippen molar-refractivity contribution in [2.24, 2.45) is 0 Å². The quantitative estimate of drug-likeness (QED) is 0.450. The first-order valence-corrected chi connectivity index (χ1v) is 9.35. The van der Waals surface area contributed by atoms with E-state index in [0.717, 1.165) is 20.9 Å². The summed E-state index contributed by atoms with van der Waals surface area (Å²) in [5.74, 6) is -1.45. The number of carbonyl (C=O) groups excluding carboxylic acids is 3. The van der Waals surface area contributed by atoms with Crippen LogP contribution in [-0.4, -0.2) is 29.5 Å². The minimum Gasteiger partial charge on any atom is -0.452 e. The highest BCUT2D eigenvalue weighted by molar-refractivity contribution is 9.10.